The molecule has 25 valence electrons. The van der Waals surface area contributed by atoms with E-state index in [0.29, 0.717) is 0 Å². The van der Waals surface area contributed by atoms with E-state index in [2.05, 4.69) is 0 Å². The first-order valence-electron chi connectivity index (χ1n) is 0. The molecule has 0 aliphatic rings. The van der Waals surface area contributed by atoms with Crippen LogP contribution in [-0.4, -0.2) is 51.4 Å². The van der Waals surface area contributed by atoms with Crippen molar-refractivity contribution in [2.45, 2.75) is 0 Å². The van der Waals surface area contributed by atoms with Crippen molar-refractivity contribution in [3.63, 3.8) is 0 Å². The Kier molecular flexibility index (Phi) is 94.5. The molecule has 0 aliphatic heterocycles. The largest absolute Gasteiger partial charge is 0 e. The maximum Gasteiger partial charge on any atom is 0 e. The molecule has 0 N–H and O–H groups in total. The Hall–Kier alpha value is 4.21. The first kappa shape index (κ1) is 24.1. The molecular formula is HCeCoKPt. The van der Waals surface area contributed by atoms with Crippen molar-refractivity contribution in [2.75, 3.05) is 0 Å². The standard InChI is InChI=1S/Ce.Co.K.Pt.H. The number of hydrogen-bond acceptors (Lipinski definition) is 0. The molecule has 0 fully saturated rings. The van der Waals surface area contributed by atoms with E-state index in [4.69, 9.17) is 0 Å². The third kappa shape index (κ3) is 9.51. The minimum absolute atomic E-state index is 0. The van der Waals surface area contributed by atoms with Crippen LogP contribution < -0.4 is 0 Å². The molecule has 0 atom stereocenters. The van der Waals surface area contributed by atoms with E-state index in [-0.39, 0.29) is 131 Å². The van der Waals surface area contributed by atoms with Gasteiger partial charge in [0.05, 0.1) is 0 Å². The zero-order chi connectivity index (χ0) is 0. The van der Waals surface area contributed by atoms with E-state index >= 15 is 0 Å². The molecule has 0 heterocycles. The van der Waals surface area contributed by atoms with Gasteiger partial charge in [-0.15, -0.1) is 0 Å². The van der Waals surface area contributed by atoms with Crippen LogP contribution >= 0.6 is 0 Å². The predicted octanol–water partition coefficient (Wildman–Crippen LogP) is -0.653. The van der Waals surface area contributed by atoms with Gasteiger partial charge in [-0.1, -0.05) is 0 Å². The second kappa shape index (κ2) is 15.7. The molecule has 0 saturated heterocycles. The molecule has 0 unspecified atom stereocenters. The molecule has 0 nitrogen and oxygen atoms in total. The average molecular weight is 434 g/mol. The Morgan fingerprint density at radius 2 is 1.00 bits per heavy atom. The van der Waals surface area contributed by atoms with Crippen molar-refractivity contribution in [3.05, 3.63) is 0 Å². The third-order valence-electron chi connectivity index (χ3n) is 0. The summed E-state index contributed by atoms with van der Waals surface area (Å²) in [5, 5.41) is 0. The quantitative estimate of drug-likeness (QED) is 0.445. The topological polar surface area (TPSA) is 0 Å². The van der Waals surface area contributed by atoms with E-state index in [1.165, 1.54) is 0 Å². The molecule has 0 rings (SSSR count). The molecular weight excluding hydrogens is 433 g/mol. The van der Waals surface area contributed by atoms with Gasteiger partial charge in [0, 0.05) is 79.6 Å². The summed E-state index contributed by atoms with van der Waals surface area (Å²) in [5.74, 6) is 0. The summed E-state index contributed by atoms with van der Waals surface area (Å²) in [7, 11) is 0. The van der Waals surface area contributed by atoms with Crippen LogP contribution in [0.15, 0.2) is 0 Å². The SMILES string of the molecule is [Ce].[Co].[KH].[Pt]. The van der Waals surface area contributed by atoms with Crippen LogP contribution in [0.3, 0.4) is 0 Å². The van der Waals surface area contributed by atoms with Gasteiger partial charge in [-0.05, 0) is 0 Å². The zero-order valence-corrected chi connectivity index (χ0v) is 7.60. The van der Waals surface area contributed by atoms with E-state index in [1.807, 2.05) is 0 Å². The average Bonchev–Trinajstić information content (AvgIpc) is 0. The summed E-state index contributed by atoms with van der Waals surface area (Å²) in [6.07, 6.45) is 0. The molecule has 4 heavy (non-hydrogen) atoms. The minimum atomic E-state index is 0. The second-order valence-electron chi connectivity index (χ2n) is 0. The van der Waals surface area contributed by atoms with Crippen molar-refractivity contribution in [2.24, 2.45) is 0 Å². The molecule has 0 spiro atoms. The van der Waals surface area contributed by atoms with Gasteiger partial charge < -0.3 is 0 Å². The van der Waals surface area contributed by atoms with Crippen LogP contribution in [0.4, 0.5) is 0 Å². The van der Waals surface area contributed by atoms with Gasteiger partial charge in [-0.2, -0.15) is 0 Å². The van der Waals surface area contributed by atoms with Gasteiger partial charge in [0.15, 0.2) is 0 Å². The van der Waals surface area contributed by atoms with Crippen LogP contribution in [0.25, 0.3) is 0 Å². The fourth-order valence-electron chi connectivity index (χ4n) is 0. The Labute approximate surface area is 127 Å². The summed E-state index contributed by atoms with van der Waals surface area (Å²) in [5.41, 5.74) is 0. The molecule has 1 radical (unpaired) electrons. The molecule has 0 aromatic heterocycles. The Morgan fingerprint density at radius 3 is 1.00 bits per heavy atom. The van der Waals surface area contributed by atoms with Gasteiger partial charge in [0.2, 0.25) is 0 Å². The molecule has 0 amide bonds. The first-order chi connectivity index (χ1) is 0. The summed E-state index contributed by atoms with van der Waals surface area (Å²) in [6.45, 7) is 0. The molecule has 4 heteroatoms. The van der Waals surface area contributed by atoms with Gasteiger partial charge in [-0.3, -0.25) is 0 Å². The molecule has 0 bridgehead atoms. The van der Waals surface area contributed by atoms with Crippen molar-refractivity contribution in [3.8, 4) is 0 Å². The third-order valence-corrected chi connectivity index (χ3v) is 0. The van der Waals surface area contributed by atoms with Crippen molar-refractivity contribution < 1.29 is 79.6 Å². The Balaban J connectivity index is 0. The smallest absolute Gasteiger partial charge is 0 e. The normalized spacial score (nSPS) is 0. The molecule has 0 saturated carbocycles. The summed E-state index contributed by atoms with van der Waals surface area (Å²) in [4.78, 5) is 0. The van der Waals surface area contributed by atoms with Crippen LogP contribution in [0, 0.1) is 41.7 Å². The first-order valence-corrected chi connectivity index (χ1v) is 0. The van der Waals surface area contributed by atoms with Crippen molar-refractivity contribution >= 4 is 51.4 Å². The molecule has 0 aromatic carbocycles. The van der Waals surface area contributed by atoms with Gasteiger partial charge >= 0.3 is 51.4 Å². The van der Waals surface area contributed by atoms with Gasteiger partial charge in [0.25, 0.3) is 0 Å². The fraction of sp³-hybridized carbons (Fsp3) is 0. The Morgan fingerprint density at radius 1 is 1.00 bits per heavy atom. The molecule has 0 aromatic rings. The Bertz CT molecular complexity index is 8.00. The second-order valence-corrected chi connectivity index (χ2v) is 0. The zero-order valence-electron chi connectivity index (χ0n) is 1.15. The fourth-order valence-corrected chi connectivity index (χ4v) is 0. The van der Waals surface area contributed by atoms with Crippen LogP contribution in [0.2, 0.25) is 0 Å². The summed E-state index contributed by atoms with van der Waals surface area (Å²) in [6, 6.07) is 0. The van der Waals surface area contributed by atoms with Crippen LogP contribution in [0.1, 0.15) is 0 Å². The minimum Gasteiger partial charge on any atom is 0 e. The molecule has 0 aliphatic carbocycles. The monoisotopic (exact) mass is 434 g/mol. The van der Waals surface area contributed by atoms with Crippen molar-refractivity contribution in [1.29, 1.82) is 0 Å². The van der Waals surface area contributed by atoms with E-state index in [9.17, 15) is 0 Å². The number of rotatable bonds is 0. The van der Waals surface area contributed by atoms with Crippen LogP contribution in [-0.2, 0) is 37.8 Å². The van der Waals surface area contributed by atoms with Crippen molar-refractivity contribution in [1.82, 2.24) is 0 Å². The predicted molar refractivity (Wildman–Crippen MR) is 7.15 cm³/mol. The summed E-state index contributed by atoms with van der Waals surface area (Å²) >= 11 is 0. The van der Waals surface area contributed by atoms with Gasteiger partial charge in [0.1, 0.15) is 0 Å². The maximum absolute atomic E-state index is 0. The maximum atomic E-state index is 0. The van der Waals surface area contributed by atoms with E-state index in [0.717, 1.165) is 0 Å². The van der Waals surface area contributed by atoms with Crippen LogP contribution in [0.5, 0.6) is 0 Å². The van der Waals surface area contributed by atoms with Gasteiger partial charge in [-0.25, -0.2) is 0 Å². The van der Waals surface area contributed by atoms with E-state index < -0.39 is 0 Å². The van der Waals surface area contributed by atoms with E-state index in [1.54, 1.807) is 0 Å². The summed E-state index contributed by atoms with van der Waals surface area (Å²) < 4.78 is 0. The number of hydrogen-bond donors (Lipinski definition) is 0.